The van der Waals surface area contributed by atoms with Crippen molar-refractivity contribution in [1.29, 1.82) is 0 Å². The van der Waals surface area contributed by atoms with Crippen LogP contribution in [0.2, 0.25) is 5.02 Å². The maximum absolute atomic E-state index is 14.2. The van der Waals surface area contributed by atoms with Gasteiger partial charge >= 0.3 is 6.09 Å². The summed E-state index contributed by atoms with van der Waals surface area (Å²) in [6.45, 7) is 9.08. The highest BCUT2D eigenvalue weighted by molar-refractivity contribution is 6.31. The molecule has 2 rings (SSSR count). The largest absolute Gasteiger partial charge is 0.444 e. The molecule has 1 heterocycles. The number of benzene rings is 1. The Morgan fingerprint density at radius 1 is 1.20 bits per heavy atom. The topological polar surface area (TPSA) is 61.9 Å². The Morgan fingerprint density at radius 2 is 1.80 bits per heavy atom. The number of nitrogens with one attached hydrogen (secondary N) is 1. The molecular formula is C17H23ClFN3O3. The van der Waals surface area contributed by atoms with Crippen molar-refractivity contribution < 1.29 is 18.7 Å². The highest BCUT2D eigenvalue weighted by Crippen LogP contribution is 2.30. The van der Waals surface area contributed by atoms with Gasteiger partial charge in [-0.1, -0.05) is 11.6 Å². The van der Waals surface area contributed by atoms with Gasteiger partial charge in [0.15, 0.2) is 5.82 Å². The second-order valence-electron chi connectivity index (χ2n) is 6.91. The van der Waals surface area contributed by atoms with Gasteiger partial charge in [-0.15, -0.1) is 0 Å². The molecular weight excluding hydrogens is 349 g/mol. The molecule has 0 aromatic heterocycles. The van der Waals surface area contributed by atoms with Gasteiger partial charge in [-0.25, -0.2) is 9.18 Å². The van der Waals surface area contributed by atoms with Gasteiger partial charge in [0, 0.05) is 38.8 Å². The summed E-state index contributed by atoms with van der Waals surface area (Å²) in [5, 5.41) is 2.32. The Hall–Kier alpha value is -2.02. The lowest BCUT2D eigenvalue weighted by molar-refractivity contribution is -0.129. The van der Waals surface area contributed by atoms with Crippen molar-refractivity contribution in [2.45, 2.75) is 33.3 Å². The first kappa shape index (κ1) is 19.3. The number of amides is 2. The molecule has 0 spiro atoms. The molecule has 1 aromatic rings. The molecule has 1 aliphatic heterocycles. The van der Waals surface area contributed by atoms with Crippen molar-refractivity contribution in [2.24, 2.45) is 0 Å². The van der Waals surface area contributed by atoms with Gasteiger partial charge in [-0.05, 0) is 32.9 Å². The maximum Gasteiger partial charge on any atom is 0.412 e. The molecule has 0 aliphatic carbocycles. The summed E-state index contributed by atoms with van der Waals surface area (Å²) in [6.07, 6.45) is -0.749. The quantitative estimate of drug-likeness (QED) is 0.864. The molecule has 0 saturated carbocycles. The Labute approximate surface area is 151 Å². The Kier molecular flexibility index (Phi) is 5.77. The molecule has 0 radical (unpaired) electrons. The van der Waals surface area contributed by atoms with E-state index in [0.29, 0.717) is 31.9 Å². The minimum atomic E-state index is -0.749. The summed E-state index contributed by atoms with van der Waals surface area (Å²) in [5.74, 6) is -0.678. The van der Waals surface area contributed by atoms with E-state index in [2.05, 4.69) is 5.32 Å². The average Bonchev–Trinajstić information content (AvgIpc) is 2.49. The number of ether oxygens (including phenoxy) is 1. The average molecular weight is 372 g/mol. The first-order valence-electron chi connectivity index (χ1n) is 8.06. The molecule has 1 fully saturated rings. The number of piperazine rings is 1. The third kappa shape index (κ3) is 5.22. The monoisotopic (exact) mass is 371 g/mol. The van der Waals surface area contributed by atoms with Crippen molar-refractivity contribution >= 4 is 35.0 Å². The van der Waals surface area contributed by atoms with E-state index in [0.717, 1.165) is 0 Å². The number of anilines is 2. The van der Waals surface area contributed by atoms with E-state index in [-0.39, 0.29) is 16.6 Å². The van der Waals surface area contributed by atoms with Crippen LogP contribution < -0.4 is 10.2 Å². The Bertz CT molecular complexity index is 668. The van der Waals surface area contributed by atoms with Crippen LogP contribution in [0.3, 0.4) is 0 Å². The first-order valence-corrected chi connectivity index (χ1v) is 8.44. The fourth-order valence-corrected chi connectivity index (χ4v) is 2.75. The summed E-state index contributed by atoms with van der Waals surface area (Å²) >= 11 is 5.98. The lowest BCUT2D eigenvalue weighted by Gasteiger charge is -2.36. The van der Waals surface area contributed by atoms with E-state index in [1.54, 1.807) is 25.7 Å². The lowest BCUT2D eigenvalue weighted by Crippen LogP contribution is -2.48. The van der Waals surface area contributed by atoms with Crippen LogP contribution in [0, 0.1) is 5.82 Å². The summed E-state index contributed by atoms with van der Waals surface area (Å²) in [6, 6.07) is 3.04. The Morgan fingerprint density at radius 3 is 2.32 bits per heavy atom. The molecule has 8 heteroatoms. The van der Waals surface area contributed by atoms with Crippen LogP contribution in [0.4, 0.5) is 20.6 Å². The molecule has 1 saturated heterocycles. The SMILES string of the molecule is CC(=O)N1CCN(c2cc(Cl)c(F)c(NC(=O)OC(C)(C)C)c2)CC1. The predicted octanol–water partition coefficient (Wildman–Crippen LogP) is 3.49. The van der Waals surface area contributed by atoms with Crippen molar-refractivity contribution in [1.82, 2.24) is 4.90 Å². The van der Waals surface area contributed by atoms with E-state index in [1.165, 1.54) is 19.1 Å². The minimum absolute atomic E-state index is 0.0315. The number of rotatable bonds is 2. The van der Waals surface area contributed by atoms with Gasteiger partial charge in [0.05, 0.1) is 10.7 Å². The molecule has 6 nitrogen and oxygen atoms in total. The van der Waals surface area contributed by atoms with Crippen molar-refractivity contribution in [2.75, 3.05) is 36.4 Å². The van der Waals surface area contributed by atoms with Crippen LogP contribution in [-0.2, 0) is 9.53 Å². The molecule has 138 valence electrons. The number of hydrogen-bond acceptors (Lipinski definition) is 4. The number of hydrogen-bond donors (Lipinski definition) is 1. The zero-order valence-corrected chi connectivity index (χ0v) is 15.6. The fraction of sp³-hybridized carbons (Fsp3) is 0.529. The fourth-order valence-electron chi connectivity index (χ4n) is 2.54. The van der Waals surface area contributed by atoms with E-state index in [1.807, 2.05) is 4.90 Å². The molecule has 1 aromatic carbocycles. The smallest absolute Gasteiger partial charge is 0.412 e. The minimum Gasteiger partial charge on any atom is -0.444 e. The van der Waals surface area contributed by atoms with Gasteiger partial charge < -0.3 is 14.5 Å². The van der Waals surface area contributed by atoms with Gasteiger partial charge in [-0.2, -0.15) is 0 Å². The molecule has 0 unspecified atom stereocenters. The van der Waals surface area contributed by atoms with Crippen molar-refractivity contribution in [3.63, 3.8) is 0 Å². The van der Waals surface area contributed by atoms with Gasteiger partial charge in [-0.3, -0.25) is 10.1 Å². The van der Waals surface area contributed by atoms with Gasteiger partial charge in [0.1, 0.15) is 5.60 Å². The van der Waals surface area contributed by atoms with Crippen LogP contribution in [-0.4, -0.2) is 48.7 Å². The molecule has 0 bridgehead atoms. The lowest BCUT2D eigenvalue weighted by atomic mass is 10.2. The molecule has 1 N–H and O–H groups in total. The van der Waals surface area contributed by atoms with Crippen LogP contribution in [0.5, 0.6) is 0 Å². The van der Waals surface area contributed by atoms with E-state index >= 15 is 0 Å². The molecule has 25 heavy (non-hydrogen) atoms. The number of halogens is 2. The number of carbonyl (C=O) groups excluding carboxylic acids is 2. The van der Waals surface area contributed by atoms with Crippen molar-refractivity contribution in [3.8, 4) is 0 Å². The molecule has 1 aliphatic rings. The van der Waals surface area contributed by atoms with E-state index in [4.69, 9.17) is 16.3 Å². The zero-order chi connectivity index (χ0) is 18.8. The van der Waals surface area contributed by atoms with Gasteiger partial charge in [0.25, 0.3) is 0 Å². The maximum atomic E-state index is 14.2. The Balaban J connectivity index is 2.15. The third-order valence-corrected chi connectivity index (χ3v) is 4.01. The van der Waals surface area contributed by atoms with Crippen molar-refractivity contribution in [3.05, 3.63) is 23.0 Å². The summed E-state index contributed by atoms with van der Waals surface area (Å²) < 4.78 is 19.4. The van der Waals surface area contributed by atoms with Crippen LogP contribution in [0.15, 0.2) is 12.1 Å². The summed E-state index contributed by atoms with van der Waals surface area (Å²) in [7, 11) is 0. The van der Waals surface area contributed by atoms with E-state index < -0.39 is 17.5 Å². The zero-order valence-electron chi connectivity index (χ0n) is 14.9. The van der Waals surface area contributed by atoms with E-state index in [9.17, 15) is 14.0 Å². The highest BCUT2D eigenvalue weighted by Gasteiger charge is 2.22. The first-order chi connectivity index (χ1) is 11.6. The van der Waals surface area contributed by atoms with Crippen LogP contribution in [0.25, 0.3) is 0 Å². The second kappa shape index (κ2) is 7.47. The van der Waals surface area contributed by atoms with Gasteiger partial charge in [0.2, 0.25) is 5.91 Å². The summed E-state index contributed by atoms with van der Waals surface area (Å²) in [5.41, 5.74) is -0.0447. The molecule has 0 atom stereocenters. The predicted molar refractivity (Wildman–Crippen MR) is 95.7 cm³/mol. The van der Waals surface area contributed by atoms with Crippen LogP contribution in [0.1, 0.15) is 27.7 Å². The standard InChI is InChI=1S/C17H23ClFN3O3/c1-11(23)21-5-7-22(8-6-21)12-9-13(18)15(19)14(10-12)20-16(24)25-17(2,3)4/h9-10H,5-8H2,1-4H3,(H,20,24). The molecule has 2 amide bonds. The normalized spacial score (nSPS) is 15.1. The van der Waals surface area contributed by atoms with Crippen LogP contribution >= 0.6 is 11.6 Å². The number of nitrogens with zero attached hydrogens (tertiary/aromatic N) is 2. The number of carbonyl (C=O) groups is 2. The highest BCUT2D eigenvalue weighted by atomic mass is 35.5. The third-order valence-electron chi connectivity index (χ3n) is 3.74. The summed E-state index contributed by atoms with van der Waals surface area (Å²) in [4.78, 5) is 27.0. The second-order valence-corrected chi connectivity index (χ2v) is 7.32.